The first-order chi connectivity index (χ1) is 7.57. The van der Waals surface area contributed by atoms with Gasteiger partial charge in [-0.1, -0.05) is 0 Å². The highest BCUT2D eigenvalue weighted by molar-refractivity contribution is 5.86. The molecule has 2 atom stereocenters. The molecule has 0 saturated heterocycles. The standard InChI is InChI=1S/C11H18N2O3/c12-6-11(3-4-11)10(16)13-8-2-1-7(5-8)9(14)15/h7-8H,1-6,12H2,(H,13,16)(H,14,15)/t7-,8+/m1/s1. The first-order valence-electron chi connectivity index (χ1n) is 5.81. The maximum absolute atomic E-state index is 11.9. The third-order valence-electron chi connectivity index (χ3n) is 3.84. The molecule has 1 amide bonds. The zero-order valence-corrected chi connectivity index (χ0v) is 9.24. The van der Waals surface area contributed by atoms with E-state index in [0.29, 0.717) is 19.4 Å². The van der Waals surface area contributed by atoms with E-state index in [1.807, 2.05) is 0 Å². The van der Waals surface area contributed by atoms with Gasteiger partial charge in [-0.25, -0.2) is 0 Å². The quantitative estimate of drug-likeness (QED) is 0.633. The minimum Gasteiger partial charge on any atom is -0.481 e. The zero-order chi connectivity index (χ0) is 11.8. The Balaban J connectivity index is 1.83. The summed E-state index contributed by atoms with van der Waals surface area (Å²) in [6.07, 6.45) is 3.72. The highest BCUT2D eigenvalue weighted by Crippen LogP contribution is 2.45. The van der Waals surface area contributed by atoms with Crippen LogP contribution in [0.3, 0.4) is 0 Å². The summed E-state index contributed by atoms with van der Waals surface area (Å²) < 4.78 is 0. The highest BCUT2D eigenvalue weighted by Gasteiger charge is 2.49. The Morgan fingerprint density at radius 1 is 1.38 bits per heavy atom. The third kappa shape index (κ3) is 2.04. The van der Waals surface area contributed by atoms with Crippen LogP contribution in [-0.4, -0.2) is 29.6 Å². The Bertz CT molecular complexity index is 312. The Hall–Kier alpha value is -1.10. The van der Waals surface area contributed by atoms with E-state index in [1.165, 1.54) is 0 Å². The number of carbonyl (C=O) groups excluding carboxylic acids is 1. The number of carboxylic acids is 1. The predicted molar refractivity (Wildman–Crippen MR) is 57.6 cm³/mol. The Morgan fingerprint density at radius 2 is 2.06 bits per heavy atom. The number of nitrogens with one attached hydrogen (secondary N) is 1. The van der Waals surface area contributed by atoms with Crippen molar-refractivity contribution in [3.8, 4) is 0 Å². The minimum atomic E-state index is -0.753. The van der Waals surface area contributed by atoms with Crippen LogP contribution in [0.2, 0.25) is 0 Å². The number of carbonyl (C=O) groups is 2. The second-order valence-electron chi connectivity index (χ2n) is 5.00. The van der Waals surface area contributed by atoms with Gasteiger partial charge in [0.05, 0.1) is 11.3 Å². The summed E-state index contributed by atoms with van der Waals surface area (Å²) in [7, 11) is 0. The van der Waals surface area contributed by atoms with Gasteiger partial charge in [0.15, 0.2) is 0 Å². The van der Waals surface area contributed by atoms with Crippen LogP contribution in [0.1, 0.15) is 32.1 Å². The number of rotatable bonds is 4. The van der Waals surface area contributed by atoms with E-state index in [9.17, 15) is 9.59 Å². The first-order valence-corrected chi connectivity index (χ1v) is 5.81. The summed E-state index contributed by atoms with van der Waals surface area (Å²) >= 11 is 0. The topological polar surface area (TPSA) is 92.4 Å². The fraction of sp³-hybridized carbons (Fsp3) is 0.818. The van der Waals surface area contributed by atoms with Crippen molar-refractivity contribution in [2.24, 2.45) is 17.1 Å². The molecular formula is C11H18N2O3. The summed E-state index contributed by atoms with van der Waals surface area (Å²) in [6.45, 7) is 0.397. The number of amides is 1. The fourth-order valence-electron chi connectivity index (χ4n) is 2.35. The normalized spacial score (nSPS) is 31.1. The van der Waals surface area contributed by atoms with E-state index in [0.717, 1.165) is 19.3 Å². The molecule has 0 aliphatic heterocycles. The number of aliphatic carboxylic acids is 1. The van der Waals surface area contributed by atoms with Gasteiger partial charge >= 0.3 is 5.97 Å². The molecule has 0 radical (unpaired) electrons. The fourth-order valence-corrected chi connectivity index (χ4v) is 2.35. The molecule has 16 heavy (non-hydrogen) atoms. The van der Waals surface area contributed by atoms with Crippen molar-refractivity contribution < 1.29 is 14.7 Å². The van der Waals surface area contributed by atoms with E-state index in [1.54, 1.807) is 0 Å². The molecule has 5 heteroatoms. The maximum Gasteiger partial charge on any atom is 0.306 e. The molecule has 0 spiro atoms. The predicted octanol–water partition coefficient (Wildman–Crippen LogP) is 0.0948. The smallest absolute Gasteiger partial charge is 0.306 e. The molecule has 0 heterocycles. The molecule has 2 rings (SSSR count). The molecule has 4 N–H and O–H groups in total. The molecule has 0 unspecified atom stereocenters. The van der Waals surface area contributed by atoms with Gasteiger partial charge in [0.25, 0.3) is 0 Å². The van der Waals surface area contributed by atoms with Gasteiger partial charge in [0.1, 0.15) is 0 Å². The van der Waals surface area contributed by atoms with Crippen molar-refractivity contribution in [1.29, 1.82) is 0 Å². The zero-order valence-electron chi connectivity index (χ0n) is 9.24. The van der Waals surface area contributed by atoms with Gasteiger partial charge in [-0.15, -0.1) is 0 Å². The van der Waals surface area contributed by atoms with E-state index in [-0.39, 0.29) is 23.3 Å². The number of carboxylic acid groups (broad SMARTS) is 1. The van der Waals surface area contributed by atoms with Crippen molar-refractivity contribution in [3.63, 3.8) is 0 Å². The van der Waals surface area contributed by atoms with Crippen LogP contribution < -0.4 is 11.1 Å². The third-order valence-corrected chi connectivity index (χ3v) is 3.84. The molecule has 0 aromatic heterocycles. The van der Waals surface area contributed by atoms with Gasteiger partial charge in [0.2, 0.25) is 5.91 Å². The summed E-state index contributed by atoms with van der Waals surface area (Å²) in [5, 5.41) is 11.8. The summed E-state index contributed by atoms with van der Waals surface area (Å²) in [4.78, 5) is 22.6. The molecule has 0 aromatic rings. The maximum atomic E-state index is 11.9. The van der Waals surface area contributed by atoms with Gasteiger partial charge in [-0.05, 0) is 32.1 Å². The van der Waals surface area contributed by atoms with Crippen LogP contribution in [0, 0.1) is 11.3 Å². The van der Waals surface area contributed by atoms with Crippen LogP contribution >= 0.6 is 0 Å². The van der Waals surface area contributed by atoms with Gasteiger partial charge in [0, 0.05) is 12.6 Å². The Kier molecular flexibility index (Phi) is 2.88. The number of hydrogen-bond donors (Lipinski definition) is 3. The van der Waals surface area contributed by atoms with Crippen LogP contribution in [-0.2, 0) is 9.59 Å². The van der Waals surface area contributed by atoms with Crippen molar-refractivity contribution >= 4 is 11.9 Å². The molecule has 90 valence electrons. The van der Waals surface area contributed by atoms with Gasteiger partial charge in [-0.3, -0.25) is 9.59 Å². The Labute approximate surface area is 94.4 Å². The molecule has 5 nitrogen and oxygen atoms in total. The van der Waals surface area contributed by atoms with E-state index < -0.39 is 5.97 Å². The lowest BCUT2D eigenvalue weighted by atomic mass is 10.1. The molecule has 2 saturated carbocycles. The van der Waals surface area contributed by atoms with Crippen molar-refractivity contribution in [3.05, 3.63) is 0 Å². The molecule has 0 bridgehead atoms. The van der Waals surface area contributed by atoms with E-state index in [2.05, 4.69) is 5.32 Å². The average Bonchev–Trinajstić information content (AvgIpc) is 2.92. The molecule has 0 aromatic carbocycles. The molecular weight excluding hydrogens is 208 g/mol. The monoisotopic (exact) mass is 226 g/mol. The average molecular weight is 226 g/mol. The van der Waals surface area contributed by atoms with Crippen LogP contribution in [0.15, 0.2) is 0 Å². The van der Waals surface area contributed by atoms with Crippen molar-refractivity contribution in [2.45, 2.75) is 38.1 Å². The lowest BCUT2D eigenvalue weighted by Crippen LogP contribution is -2.41. The van der Waals surface area contributed by atoms with Crippen molar-refractivity contribution in [2.75, 3.05) is 6.54 Å². The largest absolute Gasteiger partial charge is 0.481 e. The summed E-state index contributed by atoms with van der Waals surface area (Å²) in [5.41, 5.74) is 5.23. The second-order valence-corrected chi connectivity index (χ2v) is 5.00. The van der Waals surface area contributed by atoms with E-state index >= 15 is 0 Å². The molecule has 2 aliphatic carbocycles. The first kappa shape index (κ1) is 11.4. The minimum absolute atomic E-state index is 0.0195. The summed E-state index contributed by atoms with van der Waals surface area (Å²) in [6, 6.07) is 0.0256. The summed E-state index contributed by atoms with van der Waals surface area (Å²) in [5.74, 6) is -1.03. The van der Waals surface area contributed by atoms with Gasteiger partial charge in [-0.2, -0.15) is 0 Å². The van der Waals surface area contributed by atoms with Crippen LogP contribution in [0.5, 0.6) is 0 Å². The van der Waals surface area contributed by atoms with Crippen LogP contribution in [0.4, 0.5) is 0 Å². The second kappa shape index (κ2) is 4.05. The number of hydrogen-bond acceptors (Lipinski definition) is 3. The Morgan fingerprint density at radius 3 is 2.50 bits per heavy atom. The van der Waals surface area contributed by atoms with Crippen molar-refractivity contribution in [1.82, 2.24) is 5.32 Å². The lowest BCUT2D eigenvalue weighted by Gasteiger charge is -2.17. The molecule has 2 fully saturated rings. The highest BCUT2D eigenvalue weighted by atomic mass is 16.4. The van der Waals surface area contributed by atoms with Gasteiger partial charge < -0.3 is 16.2 Å². The molecule has 2 aliphatic rings. The number of nitrogens with two attached hydrogens (primary N) is 1. The van der Waals surface area contributed by atoms with Crippen LogP contribution in [0.25, 0.3) is 0 Å². The lowest BCUT2D eigenvalue weighted by molar-refractivity contribution is -0.141. The SMILES string of the molecule is NCC1(C(=O)N[C@H]2CC[C@@H](C(=O)O)C2)CC1. The van der Waals surface area contributed by atoms with E-state index in [4.69, 9.17) is 10.8 Å².